The Morgan fingerprint density at radius 2 is 2.20 bits per heavy atom. The van der Waals surface area contributed by atoms with Gasteiger partial charge in [0.05, 0.1) is 0 Å². The second kappa shape index (κ2) is 6.74. The van der Waals surface area contributed by atoms with E-state index in [9.17, 15) is 4.79 Å². The first-order valence-electron chi connectivity index (χ1n) is 6.98. The fourth-order valence-electron chi connectivity index (χ4n) is 2.77. The summed E-state index contributed by atoms with van der Waals surface area (Å²) in [5.74, 6) is -0.0603. The molecule has 1 saturated carbocycles. The van der Waals surface area contributed by atoms with Crippen molar-refractivity contribution >= 4 is 23.1 Å². The molecule has 4 N–H and O–H groups in total. The number of nitrogens with two attached hydrogens (primary N) is 1. The van der Waals surface area contributed by atoms with E-state index in [1.165, 1.54) is 4.88 Å². The number of nitrogens with one attached hydrogen (secondary N) is 1. The van der Waals surface area contributed by atoms with Gasteiger partial charge in [0.25, 0.3) is 0 Å². The summed E-state index contributed by atoms with van der Waals surface area (Å²) in [6.07, 6.45) is 5.11. The molecule has 0 unspecified atom stereocenters. The molecule has 1 heterocycles. The molecule has 0 aliphatic heterocycles. The van der Waals surface area contributed by atoms with Crippen LogP contribution in [0.1, 0.15) is 37.0 Å². The summed E-state index contributed by atoms with van der Waals surface area (Å²) >= 11 is 1.68. The molecule has 1 amide bonds. The van der Waals surface area contributed by atoms with E-state index in [4.69, 9.17) is 10.9 Å². The number of amidine groups is 1. The Hall–Kier alpha value is -1.56. The normalized spacial score (nSPS) is 18.7. The number of carbonyl (C=O) groups excluding carboxylic acids is 1. The number of thiophene rings is 1. The van der Waals surface area contributed by atoms with Crippen molar-refractivity contribution in [1.82, 2.24) is 5.32 Å². The zero-order valence-electron chi connectivity index (χ0n) is 11.5. The van der Waals surface area contributed by atoms with Crippen LogP contribution in [0, 0.1) is 5.41 Å². The van der Waals surface area contributed by atoms with Crippen LogP contribution < -0.4 is 11.1 Å². The van der Waals surface area contributed by atoms with Gasteiger partial charge in [-0.1, -0.05) is 30.5 Å². The highest BCUT2D eigenvalue weighted by atomic mass is 32.1. The van der Waals surface area contributed by atoms with Crippen LogP contribution in [0.3, 0.4) is 0 Å². The predicted octanol–water partition coefficient (Wildman–Crippen LogP) is 2.10. The van der Waals surface area contributed by atoms with Crippen molar-refractivity contribution in [3.8, 4) is 0 Å². The first kappa shape index (κ1) is 14.8. The summed E-state index contributed by atoms with van der Waals surface area (Å²) in [6, 6.07) is 4.05. The minimum Gasteiger partial charge on any atom is -0.409 e. The van der Waals surface area contributed by atoms with Crippen molar-refractivity contribution in [2.24, 2.45) is 16.3 Å². The van der Waals surface area contributed by atoms with Crippen molar-refractivity contribution in [3.63, 3.8) is 0 Å². The lowest BCUT2D eigenvalue weighted by molar-refractivity contribution is -0.129. The van der Waals surface area contributed by atoms with Crippen LogP contribution in [0.2, 0.25) is 0 Å². The van der Waals surface area contributed by atoms with Crippen LogP contribution >= 0.6 is 11.3 Å². The number of hydrogen-bond acceptors (Lipinski definition) is 4. The molecule has 0 bridgehead atoms. The maximum Gasteiger partial charge on any atom is 0.233 e. The summed E-state index contributed by atoms with van der Waals surface area (Å²) in [5, 5.41) is 17.0. The monoisotopic (exact) mass is 295 g/mol. The zero-order chi connectivity index (χ0) is 14.4. The molecule has 1 aliphatic carbocycles. The minimum atomic E-state index is -0.817. The lowest BCUT2D eigenvalue weighted by atomic mass is 9.72. The number of oxime groups is 1. The molecule has 0 radical (unpaired) electrons. The van der Waals surface area contributed by atoms with Crippen molar-refractivity contribution in [3.05, 3.63) is 22.4 Å². The quantitative estimate of drug-likeness (QED) is 0.336. The lowest BCUT2D eigenvalue weighted by Gasteiger charge is -2.34. The fourth-order valence-corrected chi connectivity index (χ4v) is 3.48. The van der Waals surface area contributed by atoms with Gasteiger partial charge in [-0.3, -0.25) is 4.79 Å². The smallest absolute Gasteiger partial charge is 0.233 e. The number of amides is 1. The molecule has 0 atom stereocenters. The molecule has 1 aliphatic rings. The third-order valence-corrected chi connectivity index (χ3v) is 4.91. The van der Waals surface area contributed by atoms with Crippen molar-refractivity contribution < 1.29 is 10.0 Å². The third kappa shape index (κ3) is 3.12. The highest BCUT2D eigenvalue weighted by Crippen LogP contribution is 2.36. The molecule has 6 heteroatoms. The molecule has 0 aromatic carbocycles. The van der Waals surface area contributed by atoms with E-state index in [-0.39, 0.29) is 11.7 Å². The van der Waals surface area contributed by atoms with Gasteiger partial charge in [0.15, 0.2) is 5.84 Å². The zero-order valence-corrected chi connectivity index (χ0v) is 12.3. The van der Waals surface area contributed by atoms with E-state index in [1.54, 1.807) is 11.3 Å². The van der Waals surface area contributed by atoms with E-state index in [0.717, 1.165) is 25.7 Å². The molecule has 110 valence electrons. The van der Waals surface area contributed by atoms with E-state index in [0.29, 0.717) is 19.4 Å². The number of rotatable bonds is 5. The molecule has 1 fully saturated rings. The Morgan fingerprint density at radius 3 is 2.80 bits per heavy atom. The molecule has 1 aromatic heterocycles. The van der Waals surface area contributed by atoms with Crippen LogP contribution in [0.5, 0.6) is 0 Å². The average Bonchev–Trinajstić information content (AvgIpc) is 3.00. The molecule has 1 aromatic rings. The lowest BCUT2D eigenvalue weighted by Crippen LogP contribution is -2.51. The Morgan fingerprint density at radius 1 is 1.45 bits per heavy atom. The number of nitrogens with zero attached hydrogens (tertiary/aromatic N) is 1. The van der Waals surface area contributed by atoms with Gasteiger partial charge in [-0.25, -0.2) is 0 Å². The summed E-state index contributed by atoms with van der Waals surface area (Å²) in [6.45, 7) is 0.583. The van der Waals surface area contributed by atoms with Gasteiger partial charge in [0, 0.05) is 11.4 Å². The van der Waals surface area contributed by atoms with Gasteiger partial charge in [-0.15, -0.1) is 11.3 Å². The maximum absolute atomic E-state index is 12.5. The predicted molar refractivity (Wildman–Crippen MR) is 80.0 cm³/mol. The molecular weight excluding hydrogens is 274 g/mol. The maximum atomic E-state index is 12.5. The van der Waals surface area contributed by atoms with Crippen LogP contribution in [0.25, 0.3) is 0 Å². The highest BCUT2D eigenvalue weighted by molar-refractivity contribution is 7.09. The fraction of sp³-hybridized carbons (Fsp3) is 0.571. The summed E-state index contributed by atoms with van der Waals surface area (Å²) in [7, 11) is 0. The Balaban J connectivity index is 1.96. The molecule has 0 saturated heterocycles. The van der Waals surface area contributed by atoms with Gasteiger partial charge >= 0.3 is 0 Å². The van der Waals surface area contributed by atoms with Gasteiger partial charge in [0.2, 0.25) is 5.91 Å². The SMILES string of the molecule is NC(=NO)C1(C(=O)NCCc2cccs2)CCCCC1. The Bertz CT molecular complexity index is 465. The third-order valence-electron chi connectivity index (χ3n) is 3.98. The second-order valence-electron chi connectivity index (χ2n) is 5.21. The van der Waals surface area contributed by atoms with Crippen molar-refractivity contribution in [2.75, 3.05) is 6.54 Å². The summed E-state index contributed by atoms with van der Waals surface area (Å²) in [5.41, 5.74) is 4.97. The van der Waals surface area contributed by atoms with Crippen LogP contribution in [-0.4, -0.2) is 23.5 Å². The molecule has 0 spiro atoms. The van der Waals surface area contributed by atoms with Crippen molar-refractivity contribution in [1.29, 1.82) is 0 Å². The van der Waals surface area contributed by atoms with Crippen molar-refractivity contribution in [2.45, 2.75) is 38.5 Å². The van der Waals surface area contributed by atoms with E-state index >= 15 is 0 Å². The summed E-state index contributed by atoms with van der Waals surface area (Å²) in [4.78, 5) is 13.7. The summed E-state index contributed by atoms with van der Waals surface area (Å²) < 4.78 is 0. The van der Waals surface area contributed by atoms with Crippen LogP contribution in [0.15, 0.2) is 22.7 Å². The standard InChI is InChI=1S/C14H21N3O2S/c15-12(17-19)14(7-2-1-3-8-14)13(18)16-9-6-11-5-4-10-20-11/h4-5,10,19H,1-3,6-9H2,(H2,15,17)(H,16,18). The topological polar surface area (TPSA) is 87.7 Å². The van der Waals surface area contributed by atoms with Crippen LogP contribution in [0.4, 0.5) is 0 Å². The van der Waals surface area contributed by atoms with Gasteiger partial charge < -0.3 is 16.3 Å². The van der Waals surface area contributed by atoms with E-state index in [1.807, 2.05) is 11.4 Å². The largest absolute Gasteiger partial charge is 0.409 e. The average molecular weight is 295 g/mol. The van der Waals surface area contributed by atoms with Crippen LogP contribution in [-0.2, 0) is 11.2 Å². The second-order valence-corrected chi connectivity index (χ2v) is 6.25. The van der Waals surface area contributed by atoms with E-state index < -0.39 is 5.41 Å². The molecule has 5 nitrogen and oxygen atoms in total. The Kier molecular flexibility index (Phi) is 5.00. The molecular formula is C14H21N3O2S. The number of carbonyl (C=O) groups is 1. The van der Waals surface area contributed by atoms with Gasteiger partial charge in [-0.05, 0) is 30.7 Å². The molecule has 20 heavy (non-hydrogen) atoms. The Labute approximate surface area is 122 Å². The van der Waals surface area contributed by atoms with Gasteiger partial charge in [0.1, 0.15) is 5.41 Å². The first-order valence-corrected chi connectivity index (χ1v) is 7.86. The first-order chi connectivity index (χ1) is 9.69. The van der Waals surface area contributed by atoms with E-state index in [2.05, 4.69) is 16.5 Å². The molecule has 2 rings (SSSR count). The highest BCUT2D eigenvalue weighted by Gasteiger charge is 2.43. The van der Waals surface area contributed by atoms with Gasteiger partial charge in [-0.2, -0.15) is 0 Å². The minimum absolute atomic E-state index is 0.0471. The number of hydrogen-bond donors (Lipinski definition) is 3.